The molecule has 1 aliphatic heterocycles. The molecule has 0 unspecified atom stereocenters. The van der Waals surface area contributed by atoms with Gasteiger partial charge in [0.05, 0.1) is 0 Å². The van der Waals surface area contributed by atoms with E-state index < -0.39 is 0 Å². The summed E-state index contributed by atoms with van der Waals surface area (Å²) in [5.74, 6) is 0.641. The summed E-state index contributed by atoms with van der Waals surface area (Å²) in [6.45, 7) is 4.29. The van der Waals surface area contributed by atoms with E-state index in [9.17, 15) is 0 Å². The Morgan fingerprint density at radius 3 is 2.69 bits per heavy atom. The van der Waals surface area contributed by atoms with E-state index in [-0.39, 0.29) is 0 Å². The Bertz CT molecular complexity index is 310. The van der Waals surface area contributed by atoms with Gasteiger partial charge >= 0.3 is 0 Å². The Kier molecular flexibility index (Phi) is 3.83. The number of nitrogens with two attached hydrogens (primary N) is 1. The zero-order chi connectivity index (χ0) is 11.4. The zero-order valence-corrected chi connectivity index (χ0v) is 10.1. The van der Waals surface area contributed by atoms with Gasteiger partial charge in [0.15, 0.2) is 0 Å². The largest absolute Gasteiger partial charge is 0.369 e. The molecule has 0 spiro atoms. The molecule has 1 heterocycles. The van der Waals surface area contributed by atoms with Gasteiger partial charge in [-0.15, -0.1) is 0 Å². The van der Waals surface area contributed by atoms with Crippen molar-refractivity contribution in [3.63, 3.8) is 0 Å². The highest BCUT2D eigenvalue weighted by Crippen LogP contribution is 2.27. The average molecular weight is 218 g/mol. The summed E-state index contributed by atoms with van der Waals surface area (Å²) in [6, 6.07) is 11.3. The van der Waals surface area contributed by atoms with Crippen LogP contribution in [-0.2, 0) is 0 Å². The SMILES string of the molecule is C[C@@H]1[C@@H](CN)CCCCN1c1ccccc1. The van der Waals surface area contributed by atoms with E-state index in [1.54, 1.807) is 0 Å². The van der Waals surface area contributed by atoms with Gasteiger partial charge in [-0.05, 0) is 44.4 Å². The van der Waals surface area contributed by atoms with E-state index in [1.165, 1.54) is 31.5 Å². The van der Waals surface area contributed by atoms with E-state index in [0.717, 1.165) is 6.54 Å². The topological polar surface area (TPSA) is 29.3 Å². The molecule has 0 saturated carbocycles. The standard InChI is InChI=1S/C14H22N2/c1-12-13(11-15)7-5-6-10-16(12)14-8-3-2-4-9-14/h2-4,8-9,12-13H,5-7,10-11,15H2,1H3/t12-,13-/m1/s1. The third-order valence-electron chi connectivity index (χ3n) is 3.79. The van der Waals surface area contributed by atoms with Crippen molar-refractivity contribution < 1.29 is 0 Å². The van der Waals surface area contributed by atoms with Gasteiger partial charge in [0, 0.05) is 18.3 Å². The highest BCUT2D eigenvalue weighted by Gasteiger charge is 2.24. The van der Waals surface area contributed by atoms with Crippen LogP contribution in [0.5, 0.6) is 0 Å². The lowest BCUT2D eigenvalue weighted by atomic mass is 9.96. The quantitative estimate of drug-likeness (QED) is 0.827. The Balaban J connectivity index is 2.18. The number of rotatable bonds is 2. The van der Waals surface area contributed by atoms with Gasteiger partial charge in [-0.3, -0.25) is 0 Å². The van der Waals surface area contributed by atoms with Crippen LogP contribution in [0, 0.1) is 5.92 Å². The molecule has 2 N–H and O–H groups in total. The molecule has 2 rings (SSSR count). The first kappa shape index (κ1) is 11.5. The van der Waals surface area contributed by atoms with Gasteiger partial charge in [-0.25, -0.2) is 0 Å². The molecule has 1 aliphatic rings. The van der Waals surface area contributed by atoms with E-state index in [1.807, 2.05) is 0 Å². The van der Waals surface area contributed by atoms with Gasteiger partial charge in [0.25, 0.3) is 0 Å². The van der Waals surface area contributed by atoms with Gasteiger partial charge in [-0.1, -0.05) is 24.6 Å². The molecule has 1 saturated heterocycles. The molecule has 1 aromatic carbocycles. The summed E-state index contributed by atoms with van der Waals surface area (Å²) in [4.78, 5) is 2.52. The molecule has 2 heteroatoms. The monoisotopic (exact) mass is 218 g/mol. The minimum atomic E-state index is 0.565. The summed E-state index contributed by atoms with van der Waals surface area (Å²) >= 11 is 0. The molecule has 0 amide bonds. The third-order valence-corrected chi connectivity index (χ3v) is 3.79. The van der Waals surface area contributed by atoms with Crippen molar-refractivity contribution in [3.05, 3.63) is 30.3 Å². The summed E-state index contributed by atoms with van der Waals surface area (Å²) in [5.41, 5.74) is 7.22. The Morgan fingerprint density at radius 2 is 2.00 bits per heavy atom. The number of hydrogen-bond donors (Lipinski definition) is 1. The molecule has 0 radical (unpaired) electrons. The molecule has 1 fully saturated rings. The van der Waals surface area contributed by atoms with Crippen molar-refractivity contribution in [1.82, 2.24) is 0 Å². The first-order valence-electron chi connectivity index (χ1n) is 6.34. The first-order chi connectivity index (χ1) is 7.83. The van der Waals surface area contributed by atoms with Crippen LogP contribution < -0.4 is 10.6 Å². The lowest BCUT2D eigenvalue weighted by Crippen LogP contribution is -2.40. The van der Waals surface area contributed by atoms with Crippen molar-refractivity contribution in [2.75, 3.05) is 18.0 Å². The summed E-state index contributed by atoms with van der Waals surface area (Å²) in [5, 5.41) is 0. The van der Waals surface area contributed by atoms with Crippen molar-refractivity contribution in [1.29, 1.82) is 0 Å². The fourth-order valence-corrected chi connectivity index (χ4v) is 2.69. The van der Waals surface area contributed by atoms with E-state index in [0.29, 0.717) is 12.0 Å². The Morgan fingerprint density at radius 1 is 1.25 bits per heavy atom. The fourth-order valence-electron chi connectivity index (χ4n) is 2.69. The van der Waals surface area contributed by atoms with Gasteiger partial charge in [0.1, 0.15) is 0 Å². The smallest absolute Gasteiger partial charge is 0.0368 e. The Labute approximate surface area is 98.4 Å². The van der Waals surface area contributed by atoms with Gasteiger partial charge in [-0.2, -0.15) is 0 Å². The number of para-hydroxylation sites is 1. The molecule has 16 heavy (non-hydrogen) atoms. The lowest BCUT2D eigenvalue weighted by molar-refractivity contribution is 0.423. The second-order valence-electron chi connectivity index (χ2n) is 4.76. The average Bonchev–Trinajstić information content (AvgIpc) is 2.52. The molecule has 2 nitrogen and oxygen atoms in total. The van der Waals surface area contributed by atoms with E-state index in [4.69, 9.17) is 5.73 Å². The number of anilines is 1. The predicted molar refractivity (Wildman–Crippen MR) is 69.6 cm³/mol. The van der Waals surface area contributed by atoms with E-state index >= 15 is 0 Å². The van der Waals surface area contributed by atoms with Crippen LogP contribution in [-0.4, -0.2) is 19.1 Å². The van der Waals surface area contributed by atoms with E-state index in [2.05, 4.69) is 42.2 Å². The summed E-state index contributed by atoms with van der Waals surface area (Å²) in [7, 11) is 0. The lowest BCUT2D eigenvalue weighted by Gasteiger charge is -2.33. The fraction of sp³-hybridized carbons (Fsp3) is 0.571. The highest BCUT2D eigenvalue weighted by molar-refractivity contribution is 5.47. The second kappa shape index (κ2) is 5.35. The zero-order valence-electron chi connectivity index (χ0n) is 10.1. The van der Waals surface area contributed by atoms with Crippen molar-refractivity contribution in [2.45, 2.75) is 32.2 Å². The number of benzene rings is 1. The van der Waals surface area contributed by atoms with Crippen LogP contribution in [0.15, 0.2) is 30.3 Å². The maximum Gasteiger partial charge on any atom is 0.0368 e. The third kappa shape index (κ3) is 2.38. The van der Waals surface area contributed by atoms with Gasteiger partial charge in [0.2, 0.25) is 0 Å². The number of hydrogen-bond acceptors (Lipinski definition) is 2. The number of nitrogens with zero attached hydrogens (tertiary/aromatic N) is 1. The minimum Gasteiger partial charge on any atom is -0.369 e. The summed E-state index contributed by atoms with van der Waals surface area (Å²) in [6.07, 6.45) is 3.88. The molecule has 88 valence electrons. The van der Waals surface area contributed by atoms with Crippen LogP contribution in [0.4, 0.5) is 5.69 Å². The van der Waals surface area contributed by atoms with Crippen LogP contribution in [0.3, 0.4) is 0 Å². The molecule has 0 bridgehead atoms. The molecular weight excluding hydrogens is 196 g/mol. The van der Waals surface area contributed by atoms with Crippen molar-refractivity contribution >= 4 is 5.69 Å². The predicted octanol–water partition coefficient (Wildman–Crippen LogP) is 2.64. The maximum absolute atomic E-state index is 5.88. The second-order valence-corrected chi connectivity index (χ2v) is 4.76. The molecule has 0 aromatic heterocycles. The van der Waals surface area contributed by atoms with Crippen LogP contribution in [0.2, 0.25) is 0 Å². The summed E-state index contributed by atoms with van der Waals surface area (Å²) < 4.78 is 0. The van der Waals surface area contributed by atoms with Crippen LogP contribution in [0.25, 0.3) is 0 Å². The van der Waals surface area contributed by atoms with Crippen molar-refractivity contribution in [2.24, 2.45) is 11.7 Å². The molecular formula is C14H22N2. The Hall–Kier alpha value is -1.02. The molecule has 1 aromatic rings. The molecule has 0 aliphatic carbocycles. The molecule has 2 atom stereocenters. The first-order valence-corrected chi connectivity index (χ1v) is 6.34. The highest BCUT2D eigenvalue weighted by atomic mass is 15.2. The van der Waals surface area contributed by atoms with Crippen molar-refractivity contribution in [3.8, 4) is 0 Å². The van der Waals surface area contributed by atoms with Crippen LogP contribution >= 0.6 is 0 Å². The normalized spacial score (nSPS) is 26.5. The minimum absolute atomic E-state index is 0.565. The maximum atomic E-state index is 5.88. The van der Waals surface area contributed by atoms with Crippen LogP contribution in [0.1, 0.15) is 26.2 Å². The van der Waals surface area contributed by atoms with Gasteiger partial charge < -0.3 is 10.6 Å².